The predicted molar refractivity (Wildman–Crippen MR) is 80.8 cm³/mol. The maximum atomic E-state index is 2.47. The number of fused-ring (bicyclic) bond motifs is 1. The van der Waals surface area contributed by atoms with E-state index in [9.17, 15) is 0 Å². The van der Waals surface area contributed by atoms with E-state index in [1.165, 1.54) is 29.9 Å². The Morgan fingerprint density at radius 3 is 2.47 bits per heavy atom. The Hall–Kier alpha value is 1.29. The van der Waals surface area contributed by atoms with Crippen LogP contribution < -0.4 is 0 Å². The van der Waals surface area contributed by atoms with E-state index in [4.69, 9.17) is 0 Å². The summed E-state index contributed by atoms with van der Waals surface area (Å²) in [6.45, 7) is 2.22. The summed E-state index contributed by atoms with van der Waals surface area (Å²) >= 11 is 4.96. The Morgan fingerprint density at radius 2 is 1.80 bits per heavy atom. The first kappa shape index (κ1) is 14.4. The fourth-order valence-corrected chi connectivity index (χ4v) is 1.70. The summed E-state index contributed by atoms with van der Waals surface area (Å²) in [6.07, 6.45) is 6.88. The predicted octanol–water partition coefficient (Wildman–Crippen LogP) is 5.20. The van der Waals surface area contributed by atoms with Gasteiger partial charge in [0.2, 0.25) is 0 Å². The molecule has 0 heterocycles. The number of rotatable bonds is 2. The number of benzene rings is 1. The summed E-state index contributed by atoms with van der Waals surface area (Å²) in [5.41, 5.74) is 2.81. The molecule has 1 radical (unpaired) electrons. The average molecular weight is 590 g/mol. The van der Waals surface area contributed by atoms with Crippen LogP contribution in [0.1, 0.15) is 30.9 Å². The molecule has 0 amide bonds. The second-order valence-electron chi connectivity index (χ2n) is 3.27. The molecule has 0 atom stereocenters. The van der Waals surface area contributed by atoms with Crippen molar-refractivity contribution in [2.24, 2.45) is 0 Å². The molecule has 0 nitrogen and oxygen atoms in total. The van der Waals surface area contributed by atoms with Crippen LogP contribution in [0.15, 0.2) is 30.3 Å². The Labute approximate surface area is 122 Å². The zero-order valence-electron chi connectivity index (χ0n) is 8.63. The number of halogens is 2. The first-order valence-corrected chi connectivity index (χ1v) is 25.3. The first-order valence-electron chi connectivity index (χ1n) is 4.93. The third-order valence-electron chi connectivity index (χ3n) is 2.29. The van der Waals surface area contributed by atoms with Crippen molar-refractivity contribution in [1.82, 2.24) is 0 Å². The van der Waals surface area contributed by atoms with Crippen LogP contribution in [0.5, 0.6) is 0 Å². The zero-order valence-corrected chi connectivity index (χ0v) is 16.5. The summed E-state index contributed by atoms with van der Waals surface area (Å²) in [6, 6.07) is 8.59. The summed E-state index contributed by atoms with van der Waals surface area (Å²) < 4.78 is 0. The van der Waals surface area contributed by atoms with Crippen LogP contribution in [0.3, 0.4) is 0 Å². The molecule has 15 heavy (non-hydrogen) atoms. The van der Waals surface area contributed by atoms with Crippen molar-refractivity contribution < 1.29 is 14.6 Å². The van der Waals surface area contributed by atoms with Gasteiger partial charge < -0.3 is 0 Å². The van der Waals surface area contributed by atoms with Crippen LogP contribution in [0.4, 0.5) is 0 Å². The molecule has 79 valence electrons. The molecule has 2 rings (SSSR count). The van der Waals surface area contributed by atoms with Gasteiger partial charge >= 0.3 is 50.9 Å². The minimum atomic E-state index is 0.0233. The number of allylic oxidation sites excluding steroid dienone is 1. The van der Waals surface area contributed by atoms with Gasteiger partial charge in [-0.1, -0.05) is 49.8 Å². The molecule has 1 aliphatic rings. The number of hydrogen-bond acceptors (Lipinski definition) is 0. The van der Waals surface area contributed by atoms with Crippen LogP contribution in [-0.2, 0) is 14.6 Å². The van der Waals surface area contributed by atoms with Crippen LogP contribution in [0.2, 0.25) is 0 Å². The molecule has 0 fully saturated rings. The molecule has 0 N–H and O–H groups in total. The third-order valence-corrected chi connectivity index (χ3v) is 2.29. The van der Waals surface area contributed by atoms with Gasteiger partial charge in [-0.2, -0.15) is 0 Å². The van der Waals surface area contributed by atoms with E-state index in [1.807, 2.05) is 0 Å². The van der Waals surface area contributed by atoms with E-state index in [0.717, 1.165) is 0 Å². The monoisotopic (exact) mass is 591 g/mol. The van der Waals surface area contributed by atoms with Crippen molar-refractivity contribution in [2.75, 3.05) is 0 Å². The quantitative estimate of drug-likeness (QED) is 0.329. The second kappa shape index (κ2) is 8.39. The Kier molecular flexibility index (Phi) is 8.03. The van der Waals surface area contributed by atoms with Crippen LogP contribution in [0.25, 0.3) is 6.08 Å². The Bertz CT molecular complexity index is 323. The SMILES string of the molecule is CCC[C]1C=Cc2ccccc21.[I][Hf][I]. The topological polar surface area (TPSA) is 0 Å². The molecule has 0 bridgehead atoms. The van der Waals surface area contributed by atoms with Gasteiger partial charge in [0.15, 0.2) is 0 Å². The molecular formula is C12H13HfI2. The van der Waals surface area contributed by atoms with Gasteiger partial charge in [-0.05, 0) is 17.5 Å². The van der Waals surface area contributed by atoms with E-state index in [2.05, 4.69) is 79.6 Å². The summed E-state index contributed by atoms with van der Waals surface area (Å²) in [5, 5.41) is 0. The molecule has 1 aromatic rings. The molecule has 0 unspecified atom stereocenters. The van der Waals surface area contributed by atoms with E-state index in [-0.39, 0.29) is 14.6 Å². The average Bonchev–Trinajstić information content (AvgIpc) is 2.64. The fraction of sp³-hybridized carbons (Fsp3) is 0.250. The first-order chi connectivity index (χ1) is 7.33. The van der Waals surface area contributed by atoms with Gasteiger partial charge in [0.05, 0.1) is 0 Å². The molecule has 0 saturated carbocycles. The van der Waals surface area contributed by atoms with Crippen molar-refractivity contribution in [1.29, 1.82) is 0 Å². The minimum absolute atomic E-state index is 0.0233. The van der Waals surface area contributed by atoms with Gasteiger partial charge in [-0.15, -0.1) is 0 Å². The van der Waals surface area contributed by atoms with Crippen molar-refractivity contribution in [3.63, 3.8) is 0 Å². The van der Waals surface area contributed by atoms with E-state index < -0.39 is 0 Å². The molecule has 0 aromatic heterocycles. The molecule has 0 saturated heterocycles. The maximum absolute atomic E-state index is 2.47. The van der Waals surface area contributed by atoms with E-state index in [1.54, 1.807) is 0 Å². The van der Waals surface area contributed by atoms with Gasteiger partial charge in [0, 0.05) is 5.92 Å². The Balaban J connectivity index is 0.000000337. The summed E-state index contributed by atoms with van der Waals surface area (Å²) in [5.74, 6) is 1.49. The van der Waals surface area contributed by atoms with Crippen molar-refractivity contribution in [3.8, 4) is 0 Å². The Morgan fingerprint density at radius 1 is 1.13 bits per heavy atom. The number of hydrogen-bond donors (Lipinski definition) is 0. The van der Waals surface area contributed by atoms with Crippen LogP contribution in [-0.4, -0.2) is 0 Å². The van der Waals surface area contributed by atoms with E-state index >= 15 is 0 Å². The van der Waals surface area contributed by atoms with Gasteiger partial charge in [-0.3, -0.25) is 0 Å². The van der Waals surface area contributed by atoms with Gasteiger partial charge in [0.25, 0.3) is 0 Å². The third kappa shape index (κ3) is 4.58. The van der Waals surface area contributed by atoms with Crippen molar-refractivity contribution >= 4 is 42.4 Å². The molecule has 3 heteroatoms. The summed E-state index contributed by atoms with van der Waals surface area (Å²) in [7, 11) is 0. The molecule has 1 aromatic carbocycles. The molecule has 0 aliphatic heterocycles. The zero-order chi connectivity index (χ0) is 11.1. The summed E-state index contributed by atoms with van der Waals surface area (Å²) in [4.78, 5) is 0. The van der Waals surface area contributed by atoms with Crippen molar-refractivity contribution in [2.45, 2.75) is 19.8 Å². The van der Waals surface area contributed by atoms with Gasteiger partial charge in [-0.25, -0.2) is 0 Å². The van der Waals surface area contributed by atoms with E-state index in [0.29, 0.717) is 0 Å². The van der Waals surface area contributed by atoms with Gasteiger partial charge in [0.1, 0.15) is 0 Å². The fourth-order valence-electron chi connectivity index (χ4n) is 1.70. The molecule has 1 aliphatic carbocycles. The van der Waals surface area contributed by atoms with Crippen LogP contribution in [0, 0.1) is 5.92 Å². The standard InChI is InChI=1S/C12H13.Hf.2HI/c1-2-5-10-8-9-11-6-3-4-7-12(10)11;;;/h3-4,6-9H,2,5H2,1H3;;2*1H/q;+2;;/p-2. The molecular weight excluding hydrogens is 576 g/mol. The van der Waals surface area contributed by atoms with Crippen LogP contribution >= 0.6 is 36.3 Å². The molecule has 0 spiro atoms. The normalized spacial score (nSPS) is 13.0. The second-order valence-corrected chi connectivity index (χ2v) is 29.5. The van der Waals surface area contributed by atoms with Crippen molar-refractivity contribution in [3.05, 3.63) is 47.4 Å².